The van der Waals surface area contributed by atoms with Gasteiger partial charge in [-0.1, -0.05) is 94.3 Å². The van der Waals surface area contributed by atoms with E-state index in [9.17, 15) is 0 Å². The van der Waals surface area contributed by atoms with Crippen molar-refractivity contribution in [2.75, 3.05) is 0 Å². The predicted octanol–water partition coefficient (Wildman–Crippen LogP) is 10.2. The molecule has 3 aromatic carbocycles. The van der Waals surface area contributed by atoms with Gasteiger partial charge in [-0.05, 0) is 58.7 Å². The minimum absolute atomic E-state index is 0. The molecule has 0 aliphatic carbocycles. The molecule has 0 saturated heterocycles. The first-order valence-corrected chi connectivity index (χ1v) is 15.2. The van der Waals surface area contributed by atoms with Gasteiger partial charge in [0.15, 0.2) is 0 Å². The summed E-state index contributed by atoms with van der Waals surface area (Å²) in [5.74, 6) is 0. The minimum atomic E-state index is -1.48. The molecule has 4 aromatic heterocycles. The van der Waals surface area contributed by atoms with Crippen LogP contribution < -0.4 is 0 Å². The second-order valence-corrected chi connectivity index (χ2v) is 13.2. The number of nitrogens with zero attached hydrogens (tertiary/aromatic N) is 4. The second kappa shape index (κ2) is 13.7. The standard InChI is InChI=1S/C25H22N3.C16H18N.Ir/c1-25(2,3)15-17-11-12-20(26-16-17)19-8-6-7-18-13-14-28-22-10-5-4-9-21(22)27-24(28)23(18)19;1-16(2,3)12-13-9-10-17-15(11-13)14-7-5-4-6-8-14;/h4-7,9-14,16H,15H2,1-3H3;4-7,9-11H,12H2,1-3H3;/q2*-1;/i15D2;12D2;. The van der Waals surface area contributed by atoms with Crippen LogP contribution in [0.4, 0.5) is 0 Å². The van der Waals surface area contributed by atoms with Crippen molar-refractivity contribution in [2.24, 2.45) is 10.8 Å². The Bertz CT molecular complexity index is 2250. The molecule has 0 N–H and O–H groups in total. The third-order valence-corrected chi connectivity index (χ3v) is 7.06. The van der Waals surface area contributed by atoms with E-state index in [1.807, 2.05) is 121 Å². The Morgan fingerprint density at radius 1 is 0.739 bits per heavy atom. The van der Waals surface area contributed by atoms with E-state index in [0.717, 1.165) is 50.0 Å². The Morgan fingerprint density at radius 2 is 1.50 bits per heavy atom. The third-order valence-electron chi connectivity index (χ3n) is 7.06. The van der Waals surface area contributed by atoms with Crippen molar-refractivity contribution in [3.63, 3.8) is 0 Å². The molecule has 0 amide bonds. The van der Waals surface area contributed by atoms with E-state index in [4.69, 9.17) is 10.5 Å². The number of pyridine rings is 3. The molecule has 7 rings (SSSR count). The number of hydrogen-bond acceptors (Lipinski definition) is 3. The minimum Gasteiger partial charge on any atom is -0.307 e. The zero-order valence-electron chi connectivity index (χ0n) is 31.0. The molecule has 1 radical (unpaired) electrons. The van der Waals surface area contributed by atoms with Crippen LogP contribution in [0.15, 0.2) is 110 Å². The molecule has 0 bridgehead atoms. The Balaban J connectivity index is 0.000000211. The smallest absolute Gasteiger partial charge is 0.102 e. The SMILES string of the molecule is [2H]C([2H])(c1ccc(-c2[c-]ccc3ccn4c5ccccc5nc4c23)nc1)C(C)(C)C.[2H]C([2H])(c1ccnc(-c2[c-]cccc2)c1)C(C)(C)C.[Ir]. The van der Waals surface area contributed by atoms with Crippen LogP contribution >= 0.6 is 0 Å². The van der Waals surface area contributed by atoms with Crippen LogP contribution in [-0.2, 0) is 32.9 Å². The van der Waals surface area contributed by atoms with Crippen LogP contribution in [0.25, 0.3) is 50.0 Å². The molecule has 0 fully saturated rings. The Hall–Kier alpha value is -4.18. The van der Waals surface area contributed by atoms with Gasteiger partial charge in [0.2, 0.25) is 0 Å². The van der Waals surface area contributed by atoms with Gasteiger partial charge in [-0.15, -0.1) is 59.7 Å². The fourth-order valence-electron chi connectivity index (χ4n) is 5.31. The number of para-hydroxylation sites is 2. The first-order valence-electron chi connectivity index (χ1n) is 17.2. The van der Waals surface area contributed by atoms with Crippen molar-refractivity contribution in [2.45, 2.75) is 54.3 Å². The maximum atomic E-state index is 8.50. The summed E-state index contributed by atoms with van der Waals surface area (Å²) in [5, 5.41) is 2.07. The molecule has 7 aromatic rings. The van der Waals surface area contributed by atoms with Crippen molar-refractivity contribution >= 4 is 27.5 Å². The van der Waals surface area contributed by atoms with E-state index < -0.39 is 23.6 Å². The van der Waals surface area contributed by atoms with Crippen molar-refractivity contribution in [3.8, 4) is 22.5 Å². The van der Waals surface area contributed by atoms with Gasteiger partial charge in [0.1, 0.15) is 5.65 Å². The summed E-state index contributed by atoms with van der Waals surface area (Å²) in [6.45, 7) is 11.4. The van der Waals surface area contributed by atoms with E-state index in [1.54, 1.807) is 18.5 Å². The molecule has 235 valence electrons. The fourth-order valence-corrected chi connectivity index (χ4v) is 5.31. The zero-order valence-corrected chi connectivity index (χ0v) is 29.4. The topological polar surface area (TPSA) is 43.1 Å². The van der Waals surface area contributed by atoms with Gasteiger partial charge < -0.3 is 14.4 Å². The summed E-state index contributed by atoms with van der Waals surface area (Å²) in [6, 6.07) is 35.5. The van der Waals surface area contributed by atoms with Gasteiger partial charge in [0.05, 0.1) is 11.0 Å². The summed E-state index contributed by atoms with van der Waals surface area (Å²) < 4.78 is 35.7. The molecule has 4 nitrogen and oxygen atoms in total. The van der Waals surface area contributed by atoms with Gasteiger partial charge in [-0.2, -0.15) is 0 Å². The second-order valence-electron chi connectivity index (χ2n) is 13.2. The van der Waals surface area contributed by atoms with Gasteiger partial charge in [0, 0.05) is 44.2 Å². The van der Waals surface area contributed by atoms with Gasteiger partial charge in [-0.25, -0.2) is 4.98 Å². The van der Waals surface area contributed by atoms with E-state index in [2.05, 4.69) is 38.6 Å². The molecule has 5 heteroatoms. The number of hydrogen-bond donors (Lipinski definition) is 0. The molecule has 0 spiro atoms. The largest absolute Gasteiger partial charge is 0.307 e. The summed E-state index contributed by atoms with van der Waals surface area (Å²) in [4.78, 5) is 13.8. The van der Waals surface area contributed by atoms with Crippen molar-refractivity contribution < 1.29 is 25.6 Å². The van der Waals surface area contributed by atoms with Gasteiger partial charge in [-0.3, -0.25) is 0 Å². The first kappa shape index (κ1) is 28.1. The number of fused-ring (bicyclic) bond motifs is 5. The molecule has 0 saturated carbocycles. The number of benzene rings is 3. The van der Waals surface area contributed by atoms with Crippen molar-refractivity contribution in [1.29, 1.82) is 0 Å². The van der Waals surface area contributed by atoms with Crippen LogP contribution in [0.2, 0.25) is 0 Å². The van der Waals surface area contributed by atoms with E-state index in [1.165, 1.54) is 0 Å². The summed E-state index contributed by atoms with van der Waals surface area (Å²) >= 11 is 0. The molecule has 0 unspecified atom stereocenters. The first-order chi connectivity index (χ1) is 23.1. The molecular formula is C41H40IrN4-2. The third kappa shape index (κ3) is 7.78. The van der Waals surface area contributed by atoms with Gasteiger partial charge >= 0.3 is 0 Å². The molecular weight excluding hydrogens is 741 g/mol. The fraction of sp³-hybridized carbons (Fsp3) is 0.244. The molecule has 0 aliphatic heterocycles. The Labute approximate surface area is 291 Å². The normalized spacial score (nSPS) is 13.6. The van der Waals surface area contributed by atoms with E-state index in [0.29, 0.717) is 11.1 Å². The zero-order chi connectivity index (χ0) is 35.2. The van der Waals surface area contributed by atoms with Crippen molar-refractivity contribution in [1.82, 2.24) is 19.4 Å². The van der Waals surface area contributed by atoms with E-state index in [-0.39, 0.29) is 20.1 Å². The summed E-state index contributed by atoms with van der Waals surface area (Å²) in [5.41, 5.74) is 6.39. The number of imidazole rings is 1. The van der Waals surface area contributed by atoms with Crippen LogP contribution in [0.1, 0.15) is 58.2 Å². The average molecular weight is 785 g/mol. The maximum Gasteiger partial charge on any atom is 0.102 e. The monoisotopic (exact) mass is 785 g/mol. The molecule has 0 aliphatic rings. The average Bonchev–Trinajstić information content (AvgIpc) is 3.47. The number of rotatable bonds is 4. The summed E-state index contributed by atoms with van der Waals surface area (Å²) in [7, 11) is 0. The van der Waals surface area contributed by atoms with Crippen LogP contribution in [-0.4, -0.2) is 19.4 Å². The molecule has 46 heavy (non-hydrogen) atoms. The van der Waals surface area contributed by atoms with Crippen LogP contribution in [0.3, 0.4) is 0 Å². The predicted molar refractivity (Wildman–Crippen MR) is 187 cm³/mol. The Kier molecular flexibility index (Phi) is 8.34. The van der Waals surface area contributed by atoms with Crippen molar-refractivity contribution in [3.05, 3.63) is 133 Å². The number of aromatic nitrogens is 4. The Morgan fingerprint density at radius 3 is 2.22 bits per heavy atom. The van der Waals surface area contributed by atoms with Crippen LogP contribution in [0, 0.1) is 23.0 Å². The van der Waals surface area contributed by atoms with E-state index >= 15 is 0 Å². The molecule has 4 heterocycles. The maximum absolute atomic E-state index is 8.50. The molecule has 0 atom stereocenters. The quantitative estimate of drug-likeness (QED) is 0.167. The van der Waals surface area contributed by atoms with Crippen LogP contribution in [0.5, 0.6) is 0 Å². The summed E-state index contributed by atoms with van der Waals surface area (Å²) in [6.07, 6.45) is 2.48. The van der Waals surface area contributed by atoms with Gasteiger partial charge in [0.25, 0.3) is 0 Å².